The Labute approximate surface area is 175 Å². The fourth-order valence-corrected chi connectivity index (χ4v) is 4.80. The van der Waals surface area contributed by atoms with Gasteiger partial charge >= 0.3 is 0 Å². The van der Waals surface area contributed by atoms with Gasteiger partial charge in [-0.15, -0.1) is 0 Å². The third-order valence-electron chi connectivity index (χ3n) is 5.37. The zero-order valence-corrected chi connectivity index (χ0v) is 17.3. The molecular formula is C22H27N3O3S. The van der Waals surface area contributed by atoms with Gasteiger partial charge in [-0.05, 0) is 30.7 Å². The molecule has 3 atom stereocenters. The molecule has 0 saturated carbocycles. The van der Waals surface area contributed by atoms with Crippen molar-refractivity contribution in [2.24, 2.45) is 0 Å². The van der Waals surface area contributed by atoms with E-state index < -0.39 is 12.2 Å². The third-order valence-corrected chi connectivity index (χ3v) is 6.49. The first-order chi connectivity index (χ1) is 14.1. The van der Waals surface area contributed by atoms with Crippen LogP contribution in [0.3, 0.4) is 0 Å². The highest BCUT2D eigenvalue weighted by Crippen LogP contribution is 2.31. The Balaban J connectivity index is 1.29. The van der Waals surface area contributed by atoms with E-state index in [9.17, 15) is 10.2 Å². The van der Waals surface area contributed by atoms with Crippen molar-refractivity contribution in [1.29, 1.82) is 0 Å². The topological polar surface area (TPSA) is 69.1 Å². The van der Waals surface area contributed by atoms with Crippen LogP contribution in [0.5, 0.6) is 5.75 Å². The summed E-state index contributed by atoms with van der Waals surface area (Å²) in [4.78, 5) is 8.91. The molecule has 6 nitrogen and oxygen atoms in total. The second-order valence-corrected chi connectivity index (χ2v) is 8.54. The highest BCUT2D eigenvalue weighted by Gasteiger charge is 2.32. The summed E-state index contributed by atoms with van der Waals surface area (Å²) in [7, 11) is 2.00. The molecule has 2 aromatic carbocycles. The molecule has 1 fully saturated rings. The quantitative estimate of drug-likeness (QED) is 0.621. The zero-order chi connectivity index (χ0) is 20.2. The highest BCUT2D eigenvalue weighted by molar-refractivity contribution is 7.22. The van der Waals surface area contributed by atoms with Gasteiger partial charge in [-0.2, -0.15) is 0 Å². The van der Waals surface area contributed by atoms with Crippen molar-refractivity contribution in [3.8, 4) is 5.75 Å². The lowest BCUT2D eigenvalue weighted by molar-refractivity contribution is 0.0145. The second kappa shape index (κ2) is 9.09. The minimum atomic E-state index is -0.596. The van der Waals surface area contributed by atoms with E-state index >= 15 is 0 Å². The predicted molar refractivity (Wildman–Crippen MR) is 117 cm³/mol. The number of fused-ring (bicyclic) bond motifs is 1. The number of aliphatic hydroxyl groups excluding tert-OH is 2. The maximum absolute atomic E-state index is 10.7. The Kier molecular flexibility index (Phi) is 6.30. The van der Waals surface area contributed by atoms with Crippen molar-refractivity contribution in [2.75, 3.05) is 38.2 Å². The maximum atomic E-state index is 10.7. The molecule has 1 saturated heterocycles. The van der Waals surface area contributed by atoms with Crippen molar-refractivity contribution >= 4 is 26.7 Å². The van der Waals surface area contributed by atoms with Crippen LogP contribution >= 0.6 is 11.3 Å². The van der Waals surface area contributed by atoms with Crippen LogP contribution in [-0.2, 0) is 0 Å². The first-order valence-electron chi connectivity index (χ1n) is 9.95. The molecule has 4 rings (SSSR count). The number of para-hydroxylation sites is 2. The molecule has 7 heteroatoms. The standard InChI is InChI=1S/C22H27N3O3S/c1-24(22-23-18-9-5-6-10-21(18)29-22)19-11-12-25(14-20(19)27)13-16(26)15-28-17-7-3-2-4-8-17/h2-10,16,19-20,26-27H,11-15H2,1H3/t16?,19-,20+/m1/s1. The number of benzene rings is 2. The van der Waals surface area contributed by atoms with Crippen LogP contribution in [0.4, 0.5) is 5.13 Å². The van der Waals surface area contributed by atoms with Crippen molar-refractivity contribution in [1.82, 2.24) is 9.88 Å². The van der Waals surface area contributed by atoms with Crippen molar-refractivity contribution in [3.63, 3.8) is 0 Å². The Morgan fingerprint density at radius 2 is 1.97 bits per heavy atom. The molecule has 0 bridgehead atoms. The number of aromatic nitrogens is 1. The van der Waals surface area contributed by atoms with Crippen LogP contribution in [0, 0.1) is 0 Å². The monoisotopic (exact) mass is 413 g/mol. The lowest BCUT2D eigenvalue weighted by Crippen LogP contribution is -2.54. The molecule has 0 spiro atoms. The van der Waals surface area contributed by atoms with Gasteiger partial charge in [0.2, 0.25) is 0 Å². The fraction of sp³-hybridized carbons (Fsp3) is 0.409. The van der Waals surface area contributed by atoms with Gasteiger partial charge in [0, 0.05) is 26.7 Å². The van der Waals surface area contributed by atoms with Gasteiger partial charge < -0.3 is 19.8 Å². The van der Waals surface area contributed by atoms with E-state index in [1.54, 1.807) is 11.3 Å². The molecule has 0 amide bonds. The first kappa shape index (κ1) is 20.1. The molecular weight excluding hydrogens is 386 g/mol. The van der Waals surface area contributed by atoms with E-state index in [1.807, 2.05) is 55.6 Å². The number of thiazole rings is 1. The predicted octanol–water partition coefficient (Wildman–Crippen LogP) is 2.61. The summed E-state index contributed by atoms with van der Waals surface area (Å²) in [6, 6.07) is 17.6. The average Bonchev–Trinajstić information content (AvgIpc) is 3.17. The number of likely N-dealkylation sites (N-methyl/N-ethyl adjacent to an activating group) is 1. The maximum Gasteiger partial charge on any atom is 0.186 e. The highest BCUT2D eigenvalue weighted by atomic mass is 32.1. The largest absolute Gasteiger partial charge is 0.491 e. The first-order valence-corrected chi connectivity index (χ1v) is 10.8. The van der Waals surface area contributed by atoms with Crippen molar-refractivity contribution < 1.29 is 14.9 Å². The molecule has 29 heavy (non-hydrogen) atoms. The normalized spacial score (nSPS) is 21.2. The molecule has 1 aromatic heterocycles. The molecule has 3 aromatic rings. The van der Waals surface area contributed by atoms with Crippen molar-refractivity contribution in [2.45, 2.75) is 24.7 Å². The summed E-state index contributed by atoms with van der Waals surface area (Å²) in [5, 5.41) is 22.0. The number of nitrogens with zero attached hydrogens (tertiary/aromatic N) is 3. The number of aliphatic hydroxyl groups is 2. The van der Waals surface area contributed by atoms with Gasteiger partial charge in [-0.1, -0.05) is 41.7 Å². The minimum absolute atomic E-state index is 0.0181. The average molecular weight is 414 g/mol. The number of anilines is 1. The molecule has 1 aliphatic rings. The lowest BCUT2D eigenvalue weighted by atomic mass is 10.0. The van der Waals surface area contributed by atoms with E-state index in [-0.39, 0.29) is 12.6 Å². The number of ether oxygens (including phenoxy) is 1. The smallest absolute Gasteiger partial charge is 0.186 e. The summed E-state index contributed by atoms with van der Waals surface area (Å²) in [5.74, 6) is 0.753. The number of hydrogen-bond acceptors (Lipinski definition) is 7. The van der Waals surface area contributed by atoms with E-state index in [1.165, 1.54) is 0 Å². The number of hydrogen-bond donors (Lipinski definition) is 2. The molecule has 1 unspecified atom stereocenters. The SMILES string of the molecule is CN(c1nc2ccccc2s1)[C@@H]1CCN(CC(O)COc2ccccc2)C[C@@H]1O. The number of rotatable bonds is 7. The van der Waals surface area contributed by atoms with Gasteiger partial charge in [-0.3, -0.25) is 4.90 Å². The van der Waals surface area contributed by atoms with Gasteiger partial charge in [0.15, 0.2) is 5.13 Å². The summed E-state index contributed by atoms with van der Waals surface area (Å²) < 4.78 is 6.78. The summed E-state index contributed by atoms with van der Waals surface area (Å²) >= 11 is 1.65. The Bertz CT molecular complexity index is 887. The van der Waals surface area contributed by atoms with Gasteiger partial charge in [-0.25, -0.2) is 4.98 Å². The van der Waals surface area contributed by atoms with Crippen LogP contribution in [0.1, 0.15) is 6.42 Å². The van der Waals surface area contributed by atoms with E-state index in [0.717, 1.165) is 34.1 Å². The van der Waals surface area contributed by atoms with E-state index in [0.29, 0.717) is 13.1 Å². The molecule has 0 radical (unpaired) electrons. The van der Waals surface area contributed by atoms with Gasteiger partial charge in [0.05, 0.1) is 22.4 Å². The van der Waals surface area contributed by atoms with Gasteiger partial charge in [0.1, 0.15) is 18.5 Å². The van der Waals surface area contributed by atoms with Crippen LogP contribution in [0.2, 0.25) is 0 Å². The van der Waals surface area contributed by atoms with Crippen LogP contribution in [0.15, 0.2) is 54.6 Å². The van der Waals surface area contributed by atoms with Crippen molar-refractivity contribution in [3.05, 3.63) is 54.6 Å². The molecule has 154 valence electrons. The molecule has 0 aliphatic carbocycles. The number of β-amino-alcohol motifs (C(OH)–C–C–N with tert-alkyl or cyclic N) is 2. The number of piperidine rings is 1. The van der Waals surface area contributed by atoms with E-state index in [2.05, 4.69) is 15.9 Å². The Hall–Kier alpha value is -2.19. The fourth-order valence-electron chi connectivity index (χ4n) is 3.81. The molecule has 1 aliphatic heterocycles. The van der Waals surface area contributed by atoms with Crippen LogP contribution < -0.4 is 9.64 Å². The summed E-state index contributed by atoms with van der Waals surface area (Å²) in [6.07, 6.45) is -0.274. The van der Waals surface area contributed by atoms with Crippen LogP contribution in [0.25, 0.3) is 10.2 Å². The minimum Gasteiger partial charge on any atom is -0.491 e. The lowest BCUT2D eigenvalue weighted by Gasteiger charge is -2.40. The third kappa shape index (κ3) is 4.87. The van der Waals surface area contributed by atoms with Gasteiger partial charge in [0.25, 0.3) is 0 Å². The Morgan fingerprint density at radius 3 is 2.72 bits per heavy atom. The Morgan fingerprint density at radius 1 is 1.21 bits per heavy atom. The second-order valence-electron chi connectivity index (χ2n) is 7.54. The summed E-state index contributed by atoms with van der Waals surface area (Å²) in [6.45, 7) is 2.08. The van der Waals surface area contributed by atoms with E-state index in [4.69, 9.17) is 9.72 Å². The zero-order valence-electron chi connectivity index (χ0n) is 16.5. The molecule has 2 N–H and O–H groups in total. The number of likely N-dealkylation sites (tertiary alicyclic amines) is 1. The summed E-state index contributed by atoms with van der Waals surface area (Å²) in [5.41, 5.74) is 0.993. The molecule has 2 heterocycles. The van der Waals surface area contributed by atoms with Crippen LogP contribution in [-0.4, -0.2) is 71.6 Å².